The van der Waals surface area contributed by atoms with Crippen LogP contribution in [0.3, 0.4) is 0 Å². The Morgan fingerprint density at radius 1 is 0.935 bits per heavy atom. The van der Waals surface area contributed by atoms with E-state index in [0.29, 0.717) is 5.56 Å². The number of hydrogen-bond acceptors (Lipinski definition) is 3. The molecular formula is C26H33N3O2. The zero-order valence-electron chi connectivity index (χ0n) is 18.7. The van der Waals surface area contributed by atoms with Crippen LogP contribution in [0.2, 0.25) is 0 Å². The van der Waals surface area contributed by atoms with Crippen LogP contribution in [0.25, 0.3) is 11.1 Å². The summed E-state index contributed by atoms with van der Waals surface area (Å²) in [4.78, 5) is 16.4. The maximum absolute atomic E-state index is 11.5. The molecule has 0 unspecified atom stereocenters. The van der Waals surface area contributed by atoms with Gasteiger partial charge in [0.25, 0.3) is 0 Å². The average Bonchev–Trinajstić information content (AvgIpc) is 3.16. The van der Waals surface area contributed by atoms with E-state index in [-0.39, 0.29) is 0 Å². The number of carboxylic acid groups (broad SMARTS) is 1. The summed E-state index contributed by atoms with van der Waals surface area (Å²) in [5.74, 6) is 1.06. The van der Waals surface area contributed by atoms with Crippen LogP contribution >= 0.6 is 0 Å². The second-order valence-electron chi connectivity index (χ2n) is 8.06. The Kier molecular flexibility index (Phi) is 8.39. The molecule has 2 aromatic carbocycles. The van der Waals surface area contributed by atoms with Gasteiger partial charge in [-0.05, 0) is 35.6 Å². The number of aromatic carboxylic acids is 1. The van der Waals surface area contributed by atoms with Crippen LogP contribution in [0.1, 0.15) is 79.9 Å². The topological polar surface area (TPSA) is 68.0 Å². The number of aromatic nitrogens is 3. The maximum atomic E-state index is 11.5. The summed E-state index contributed by atoms with van der Waals surface area (Å²) in [5, 5.41) is 14.2. The molecule has 3 aromatic rings. The molecule has 1 heterocycles. The number of carbonyl (C=O) groups is 1. The van der Waals surface area contributed by atoms with E-state index in [4.69, 9.17) is 10.1 Å². The third-order valence-corrected chi connectivity index (χ3v) is 5.55. The van der Waals surface area contributed by atoms with E-state index in [0.717, 1.165) is 60.6 Å². The second-order valence-corrected chi connectivity index (χ2v) is 8.06. The van der Waals surface area contributed by atoms with Gasteiger partial charge in [0.1, 0.15) is 5.82 Å². The molecule has 5 nitrogen and oxygen atoms in total. The minimum atomic E-state index is -0.907. The molecule has 0 saturated carbocycles. The minimum absolute atomic E-state index is 0.322. The number of rotatable bonds is 12. The van der Waals surface area contributed by atoms with Crippen LogP contribution in [0.15, 0.2) is 48.5 Å². The molecule has 0 radical (unpaired) electrons. The molecule has 0 fully saturated rings. The summed E-state index contributed by atoms with van der Waals surface area (Å²) < 4.78 is 2.09. The summed E-state index contributed by atoms with van der Waals surface area (Å²) in [6, 6.07) is 15.2. The molecule has 0 saturated heterocycles. The van der Waals surface area contributed by atoms with Crippen molar-refractivity contribution in [2.75, 3.05) is 0 Å². The zero-order chi connectivity index (χ0) is 22.1. The number of benzene rings is 2. The highest BCUT2D eigenvalue weighted by Gasteiger charge is 2.13. The Bertz CT molecular complexity index is 977. The number of carboxylic acids is 1. The Morgan fingerprint density at radius 2 is 1.65 bits per heavy atom. The van der Waals surface area contributed by atoms with Crippen molar-refractivity contribution in [1.29, 1.82) is 0 Å². The van der Waals surface area contributed by atoms with E-state index < -0.39 is 5.97 Å². The van der Waals surface area contributed by atoms with Crippen LogP contribution in [-0.2, 0) is 19.4 Å². The predicted molar refractivity (Wildman–Crippen MR) is 124 cm³/mol. The van der Waals surface area contributed by atoms with Crippen LogP contribution in [-0.4, -0.2) is 25.8 Å². The fraction of sp³-hybridized carbons (Fsp3) is 0.423. The molecule has 0 aliphatic heterocycles. The minimum Gasteiger partial charge on any atom is -0.478 e. The predicted octanol–water partition coefficient (Wildman–Crippen LogP) is 6.16. The maximum Gasteiger partial charge on any atom is 0.336 e. The highest BCUT2D eigenvalue weighted by molar-refractivity contribution is 5.95. The van der Waals surface area contributed by atoms with Crippen molar-refractivity contribution in [3.63, 3.8) is 0 Å². The first-order chi connectivity index (χ1) is 15.1. The van der Waals surface area contributed by atoms with Gasteiger partial charge in [0, 0.05) is 19.4 Å². The zero-order valence-corrected chi connectivity index (χ0v) is 18.7. The largest absolute Gasteiger partial charge is 0.478 e. The van der Waals surface area contributed by atoms with Gasteiger partial charge in [-0.2, -0.15) is 5.10 Å². The van der Waals surface area contributed by atoms with Crippen molar-refractivity contribution < 1.29 is 9.90 Å². The van der Waals surface area contributed by atoms with Gasteiger partial charge >= 0.3 is 5.97 Å². The van der Waals surface area contributed by atoms with Gasteiger partial charge in [-0.25, -0.2) is 14.5 Å². The molecule has 0 amide bonds. The van der Waals surface area contributed by atoms with Gasteiger partial charge in [-0.15, -0.1) is 0 Å². The van der Waals surface area contributed by atoms with Crippen molar-refractivity contribution in [3.05, 3.63) is 71.3 Å². The Balaban J connectivity index is 1.77. The molecule has 5 heteroatoms. The summed E-state index contributed by atoms with van der Waals surface area (Å²) in [7, 11) is 0. The van der Waals surface area contributed by atoms with Crippen LogP contribution in [0, 0.1) is 0 Å². The van der Waals surface area contributed by atoms with E-state index in [1.165, 1.54) is 25.7 Å². The molecule has 1 aromatic heterocycles. The fourth-order valence-corrected chi connectivity index (χ4v) is 3.79. The highest BCUT2D eigenvalue weighted by atomic mass is 16.4. The first kappa shape index (κ1) is 22.7. The number of aryl methyl sites for hydroxylation is 2. The molecule has 0 spiro atoms. The molecule has 0 bridgehead atoms. The van der Waals surface area contributed by atoms with Crippen molar-refractivity contribution in [2.45, 2.75) is 71.8 Å². The first-order valence-corrected chi connectivity index (χ1v) is 11.5. The van der Waals surface area contributed by atoms with E-state index in [1.54, 1.807) is 12.1 Å². The molecule has 0 aliphatic carbocycles. The monoisotopic (exact) mass is 419 g/mol. The third kappa shape index (κ3) is 6.27. The summed E-state index contributed by atoms with van der Waals surface area (Å²) in [6.07, 6.45) is 8.70. The van der Waals surface area contributed by atoms with Gasteiger partial charge < -0.3 is 5.11 Å². The highest BCUT2D eigenvalue weighted by Crippen LogP contribution is 2.24. The first-order valence-electron chi connectivity index (χ1n) is 11.5. The Morgan fingerprint density at radius 3 is 2.35 bits per heavy atom. The Labute approximate surface area is 185 Å². The molecule has 3 rings (SSSR count). The normalized spacial score (nSPS) is 11.0. The number of nitrogens with zero attached hydrogens (tertiary/aromatic N) is 3. The molecule has 164 valence electrons. The standard InChI is InChI=1S/C26H33N3O2/c1-3-5-7-13-24-27-25(29(28-24)18-10-6-4-2)19-20-14-16-21(17-15-20)22-11-8-9-12-23(22)26(30)31/h8-9,11-12,14-17H,3-7,10,13,18-19H2,1-2H3,(H,30,31). The lowest BCUT2D eigenvalue weighted by atomic mass is 9.98. The van der Waals surface area contributed by atoms with Crippen molar-refractivity contribution in [2.24, 2.45) is 0 Å². The molecule has 1 N–H and O–H groups in total. The van der Waals surface area contributed by atoms with Gasteiger partial charge in [0.2, 0.25) is 0 Å². The van der Waals surface area contributed by atoms with Gasteiger partial charge in [-0.3, -0.25) is 0 Å². The third-order valence-electron chi connectivity index (χ3n) is 5.55. The van der Waals surface area contributed by atoms with E-state index in [1.807, 2.05) is 24.3 Å². The molecule has 31 heavy (non-hydrogen) atoms. The SMILES string of the molecule is CCCCCc1nc(Cc2ccc(-c3ccccc3C(=O)O)cc2)n(CCCCC)n1. The lowest BCUT2D eigenvalue weighted by Gasteiger charge is -2.08. The van der Waals surface area contributed by atoms with Crippen molar-refractivity contribution >= 4 is 5.97 Å². The van der Waals surface area contributed by atoms with Crippen LogP contribution < -0.4 is 0 Å². The van der Waals surface area contributed by atoms with E-state index in [9.17, 15) is 9.90 Å². The molecule has 0 atom stereocenters. The van der Waals surface area contributed by atoms with Crippen molar-refractivity contribution in [3.8, 4) is 11.1 Å². The van der Waals surface area contributed by atoms with E-state index >= 15 is 0 Å². The van der Waals surface area contributed by atoms with Crippen LogP contribution in [0.5, 0.6) is 0 Å². The Hall–Kier alpha value is -2.95. The lowest BCUT2D eigenvalue weighted by molar-refractivity contribution is 0.0697. The molecular weight excluding hydrogens is 386 g/mol. The van der Waals surface area contributed by atoms with Crippen molar-refractivity contribution in [1.82, 2.24) is 14.8 Å². The summed E-state index contributed by atoms with van der Waals surface area (Å²) in [6.45, 7) is 5.33. The van der Waals surface area contributed by atoms with Gasteiger partial charge in [0.15, 0.2) is 5.82 Å². The number of hydrogen-bond donors (Lipinski definition) is 1. The average molecular weight is 420 g/mol. The number of unbranched alkanes of at least 4 members (excludes halogenated alkanes) is 4. The molecule has 0 aliphatic rings. The van der Waals surface area contributed by atoms with Gasteiger partial charge in [0.05, 0.1) is 5.56 Å². The van der Waals surface area contributed by atoms with Gasteiger partial charge in [-0.1, -0.05) is 82.0 Å². The summed E-state index contributed by atoms with van der Waals surface area (Å²) >= 11 is 0. The van der Waals surface area contributed by atoms with E-state index in [2.05, 4.69) is 30.7 Å². The fourth-order valence-electron chi connectivity index (χ4n) is 3.79. The lowest BCUT2D eigenvalue weighted by Crippen LogP contribution is -2.07. The smallest absolute Gasteiger partial charge is 0.336 e. The quantitative estimate of drug-likeness (QED) is 0.357. The van der Waals surface area contributed by atoms with Crippen LogP contribution in [0.4, 0.5) is 0 Å². The second kappa shape index (κ2) is 11.4. The summed E-state index contributed by atoms with van der Waals surface area (Å²) in [5.41, 5.74) is 3.12.